The Bertz CT molecular complexity index is 1310. The van der Waals surface area contributed by atoms with Crippen molar-refractivity contribution in [3.05, 3.63) is 12.3 Å². The first-order valence-electron chi connectivity index (χ1n) is 16.9. The van der Waals surface area contributed by atoms with Crippen LogP contribution in [-0.2, 0) is 28.4 Å². The molecular weight excluding hydrogens is 716 g/mol. The minimum absolute atomic E-state index is 0.634. The van der Waals surface area contributed by atoms with E-state index in [1.165, 1.54) is 0 Å². The Morgan fingerprint density at radius 3 is 1.75 bits per heavy atom. The summed E-state index contributed by atoms with van der Waals surface area (Å²) >= 11 is 0. The van der Waals surface area contributed by atoms with E-state index in [0.717, 1.165) is 17.2 Å². The van der Waals surface area contributed by atoms with Crippen molar-refractivity contribution in [2.45, 2.75) is 157 Å². The molecule has 22 heteroatoms. The molecule has 0 radical (unpaired) electrons. The van der Waals surface area contributed by atoms with Gasteiger partial charge < -0.3 is 90.3 Å². The van der Waals surface area contributed by atoms with Gasteiger partial charge in [-0.3, -0.25) is 4.90 Å². The zero-order valence-electron chi connectivity index (χ0n) is 30.0. The van der Waals surface area contributed by atoms with Crippen LogP contribution in [0.25, 0.3) is 0 Å². The second-order valence-electron chi connectivity index (χ2n) is 15.1. The fraction of sp³-hybridized carbons (Fsp3) is 0.839. The van der Waals surface area contributed by atoms with Crippen molar-refractivity contribution in [3.63, 3.8) is 0 Å². The van der Waals surface area contributed by atoms with Gasteiger partial charge in [-0.1, -0.05) is 0 Å². The van der Waals surface area contributed by atoms with Crippen molar-refractivity contribution in [2.24, 2.45) is 0 Å². The Kier molecular flexibility index (Phi) is 13.6. The van der Waals surface area contributed by atoms with Crippen molar-refractivity contribution < 1.29 is 88.8 Å². The molecule has 3 saturated heterocycles. The first kappa shape index (κ1) is 42.8. The number of rotatable bonds is 9. The fourth-order valence-corrected chi connectivity index (χ4v) is 6.06. The Morgan fingerprint density at radius 1 is 0.792 bits per heavy atom. The van der Waals surface area contributed by atoms with Gasteiger partial charge >= 0.3 is 18.2 Å². The van der Waals surface area contributed by atoms with E-state index in [-0.39, 0.29) is 0 Å². The van der Waals surface area contributed by atoms with Crippen molar-refractivity contribution in [1.29, 1.82) is 0 Å². The summed E-state index contributed by atoms with van der Waals surface area (Å²) in [6.07, 6.45) is -24.4. The summed E-state index contributed by atoms with van der Waals surface area (Å²) in [7, 11) is 0. The van der Waals surface area contributed by atoms with Crippen LogP contribution < -0.4 is 16.0 Å². The highest BCUT2D eigenvalue weighted by Crippen LogP contribution is 2.33. The smallest absolute Gasteiger partial charge is 0.408 e. The summed E-state index contributed by atoms with van der Waals surface area (Å²) in [5.41, 5.74) is -2.02. The summed E-state index contributed by atoms with van der Waals surface area (Å²) in [5.74, 6) is 0. The minimum Gasteiger partial charge on any atom is -0.444 e. The Hall–Kier alpha value is -2.97. The van der Waals surface area contributed by atoms with Crippen LogP contribution in [0, 0.1) is 0 Å². The molecular formula is C31H52N4O18. The third-order valence-electron chi connectivity index (χ3n) is 8.55. The monoisotopic (exact) mass is 768 g/mol. The van der Waals surface area contributed by atoms with Gasteiger partial charge in [0.1, 0.15) is 78.3 Å². The number of amides is 4. The molecule has 22 nitrogen and oxygen atoms in total. The zero-order valence-corrected chi connectivity index (χ0v) is 30.0. The van der Waals surface area contributed by atoms with Gasteiger partial charge in [0.2, 0.25) is 0 Å². The largest absolute Gasteiger partial charge is 0.444 e. The number of urea groups is 1. The summed E-state index contributed by atoms with van der Waals surface area (Å²) < 4.78 is 33.7. The Labute approximate surface area is 304 Å². The van der Waals surface area contributed by atoms with E-state index >= 15 is 0 Å². The number of alkyl carbamates (subject to hydrolysis) is 2. The van der Waals surface area contributed by atoms with Gasteiger partial charge in [0.15, 0.2) is 18.8 Å². The average molecular weight is 769 g/mol. The summed E-state index contributed by atoms with van der Waals surface area (Å²) in [6, 6.07) is -4.17. The zero-order chi connectivity index (χ0) is 39.7. The molecule has 0 aromatic rings. The third kappa shape index (κ3) is 10.4. The molecule has 0 spiro atoms. The number of aliphatic hydroxyl groups is 9. The lowest BCUT2D eigenvalue weighted by molar-refractivity contribution is -0.346. The first-order chi connectivity index (χ1) is 24.5. The first-order valence-corrected chi connectivity index (χ1v) is 16.9. The molecule has 304 valence electrons. The van der Waals surface area contributed by atoms with Gasteiger partial charge in [-0.05, 0) is 47.6 Å². The summed E-state index contributed by atoms with van der Waals surface area (Å²) in [6.45, 7) is 8.55. The molecule has 4 heterocycles. The maximum Gasteiger partial charge on any atom is 0.408 e. The number of carbonyl (C=O) groups is 3. The highest BCUT2D eigenvalue weighted by atomic mass is 16.8. The van der Waals surface area contributed by atoms with Crippen LogP contribution in [0.2, 0.25) is 0 Å². The van der Waals surface area contributed by atoms with Crippen molar-refractivity contribution in [2.75, 3.05) is 6.61 Å². The molecule has 4 aliphatic rings. The van der Waals surface area contributed by atoms with E-state index in [0.29, 0.717) is 0 Å². The topological polar surface area (TPSA) is 328 Å². The molecule has 7 unspecified atom stereocenters. The molecule has 12 N–H and O–H groups in total. The van der Waals surface area contributed by atoms with Gasteiger partial charge in [-0.25, -0.2) is 14.4 Å². The molecule has 16 atom stereocenters. The number of aliphatic hydroxyl groups excluding tert-OH is 9. The molecule has 0 aromatic heterocycles. The number of hydrogen-bond acceptors (Lipinski definition) is 18. The van der Waals surface area contributed by atoms with Gasteiger partial charge in [-0.15, -0.1) is 0 Å². The molecule has 0 aliphatic carbocycles. The third-order valence-corrected chi connectivity index (χ3v) is 8.55. The van der Waals surface area contributed by atoms with Crippen LogP contribution >= 0.6 is 0 Å². The number of ether oxygens (including phenoxy) is 6. The predicted molar refractivity (Wildman–Crippen MR) is 173 cm³/mol. The van der Waals surface area contributed by atoms with Gasteiger partial charge in [0.25, 0.3) is 0 Å². The van der Waals surface area contributed by atoms with E-state index in [1.54, 1.807) is 41.5 Å². The van der Waals surface area contributed by atoms with Gasteiger partial charge in [-0.2, -0.15) is 0 Å². The van der Waals surface area contributed by atoms with Crippen molar-refractivity contribution in [3.8, 4) is 0 Å². The van der Waals surface area contributed by atoms with E-state index in [1.807, 2.05) is 0 Å². The van der Waals surface area contributed by atoms with Crippen molar-refractivity contribution in [1.82, 2.24) is 20.9 Å². The van der Waals surface area contributed by atoms with Crippen molar-refractivity contribution >= 4 is 18.2 Å². The molecule has 0 saturated carbocycles. The number of nitrogens with one attached hydrogen (secondary N) is 3. The lowest BCUT2D eigenvalue weighted by Crippen LogP contribution is -2.69. The number of hydrogen-bond donors (Lipinski definition) is 12. The molecule has 0 aromatic carbocycles. The lowest BCUT2D eigenvalue weighted by Gasteiger charge is -2.47. The summed E-state index contributed by atoms with van der Waals surface area (Å²) in [5, 5.41) is 103. The van der Waals surface area contributed by atoms with E-state index in [9.17, 15) is 60.3 Å². The maximum atomic E-state index is 12.8. The normalized spacial score (nSPS) is 39.9. The van der Waals surface area contributed by atoms with Crippen LogP contribution in [-0.4, -0.2) is 185 Å². The van der Waals surface area contributed by atoms with E-state index in [4.69, 9.17) is 28.4 Å². The maximum absolute atomic E-state index is 12.8. The van der Waals surface area contributed by atoms with Crippen LogP contribution in [0.1, 0.15) is 48.0 Å². The van der Waals surface area contributed by atoms with E-state index < -0.39 is 141 Å². The molecule has 0 bridgehead atoms. The molecule has 53 heavy (non-hydrogen) atoms. The van der Waals surface area contributed by atoms with Gasteiger partial charge in [0, 0.05) is 12.6 Å². The Balaban J connectivity index is 1.59. The highest BCUT2D eigenvalue weighted by molar-refractivity contribution is 5.77. The quantitative estimate of drug-likeness (QED) is 0.106. The minimum atomic E-state index is -1.94. The fourth-order valence-electron chi connectivity index (χ4n) is 6.06. The second kappa shape index (κ2) is 16.8. The number of nitrogens with zero attached hydrogens (tertiary/aromatic N) is 1. The van der Waals surface area contributed by atoms with Crippen LogP contribution in [0.4, 0.5) is 14.4 Å². The van der Waals surface area contributed by atoms with Crippen LogP contribution in [0.15, 0.2) is 12.3 Å². The van der Waals surface area contributed by atoms with Crippen LogP contribution in [0.3, 0.4) is 0 Å². The highest BCUT2D eigenvalue weighted by Gasteiger charge is 2.54. The lowest BCUT2D eigenvalue weighted by atomic mass is 9.91. The summed E-state index contributed by atoms with van der Waals surface area (Å²) in [4.78, 5) is 38.8. The average Bonchev–Trinajstić information content (AvgIpc) is 3.32. The van der Waals surface area contributed by atoms with E-state index in [2.05, 4.69) is 16.0 Å². The predicted octanol–water partition coefficient (Wildman–Crippen LogP) is -4.27. The SMILES string of the molecule is CC(C)(C)OC(=O)NC1C(O)[C@H](O)C(CO)O[C@@H]1OC1O[C@H](C[C@@H](O)[C@H]2O[C@@H](N3C=CC(O)NC3=O)[C@H](O)[C@@H]2O)C(O)C(O)[C@H]1NC(=O)OC(C)(C)C. The molecule has 4 rings (SSSR count). The standard InChI is InChI=1S/C31H52N4O18/c1-30(2,3)52-28(46)33-15-19(41)17(39)12(9-11(37)23-21(43)22(44)24(50-23)35-8-7-14(38)32-27(35)45)48-25(15)51-26-16(34-29(47)53-31(4,5)6)20(42)18(40)13(10-36)49-26/h7-8,11-26,36-44H,9-10H2,1-6H3,(H,32,45)(H,33,46)(H,34,47)/t11-,12-,13?,14?,15-,16?,17?,18-,19?,20?,21+,22-,23-,24-,25?,26-/m1/s1. The second-order valence-corrected chi connectivity index (χ2v) is 15.1. The van der Waals surface area contributed by atoms with Crippen LogP contribution in [0.5, 0.6) is 0 Å². The number of carbonyl (C=O) groups excluding carboxylic acids is 3. The van der Waals surface area contributed by atoms with Gasteiger partial charge in [0.05, 0.1) is 18.8 Å². The molecule has 4 aliphatic heterocycles. The Morgan fingerprint density at radius 2 is 1.28 bits per heavy atom. The molecule has 3 fully saturated rings. The molecule has 4 amide bonds.